The van der Waals surface area contributed by atoms with Crippen molar-refractivity contribution in [3.8, 4) is 0 Å². The highest BCUT2D eigenvalue weighted by molar-refractivity contribution is 5.67. The van der Waals surface area contributed by atoms with E-state index >= 15 is 0 Å². The van der Waals surface area contributed by atoms with E-state index in [1.54, 1.807) is 0 Å². The number of rotatable bonds is 4. The number of hydrogen-bond donors (Lipinski definition) is 2. The molecule has 0 bridgehead atoms. The van der Waals surface area contributed by atoms with Crippen molar-refractivity contribution >= 4 is 5.97 Å². The van der Waals surface area contributed by atoms with E-state index in [4.69, 9.17) is 10.8 Å². The fourth-order valence-corrected chi connectivity index (χ4v) is 1.07. The predicted molar refractivity (Wildman–Crippen MR) is 44.2 cm³/mol. The normalized spacial score (nSPS) is 16.5. The summed E-state index contributed by atoms with van der Waals surface area (Å²) >= 11 is 0. The summed E-state index contributed by atoms with van der Waals surface area (Å²) in [5, 5.41) is 8.46. The van der Waals surface area contributed by atoms with Crippen LogP contribution in [0.3, 0.4) is 0 Å². The van der Waals surface area contributed by atoms with Crippen molar-refractivity contribution in [1.29, 1.82) is 0 Å². The first kappa shape index (κ1) is 10.4. The van der Waals surface area contributed by atoms with Crippen LogP contribution in [0.15, 0.2) is 0 Å². The molecule has 0 radical (unpaired) electrons. The largest absolute Gasteiger partial charge is 0.481 e. The van der Waals surface area contributed by atoms with Crippen LogP contribution in [0.5, 0.6) is 0 Å². The van der Waals surface area contributed by atoms with Gasteiger partial charge in [-0.2, -0.15) is 0 Å². The average molecular weight is 159 g/mol. The molecule has 3 heteroatoms. The molecule has 3 N–H and O–H groups in total. The van der Waals surface area contributed by atoms with Gasteiger partial charge in [-0.15, -0.1) is 0 Å². The summed E-state index contributed by atoms with van der Waals surface area (Å²) < 4.78 is 0. The SMILES string of the molecule is CC(C)[C@@H](N)[C@@H](C)CC(=O)O. The molecule has 0 aliphatic heterocycles. The van der Waals surface area contributed by atoms with Crippen LogP contribution in [0.25, 0.3) is 0 Å². The van der Waals surface area contributed by atoms with Gasteiger partial charge in [-0.25, -0.2) is 0 Å². The molecule has 0 aromatic carbocycles. The minimum atomic E-state index is -0.770. The lowest BCUT2D eigenvalue weighted by molar-refractivity contribution is -0.138. The summed E-state index contributed by atoms with van der Waals surface area (Å²) in [4.78, 5) is 10.3. The van der Waals surface area contributed by atoms with Crippen molar-refractivity contribution in [1.82, 2.24) is 0 Å². The first-order valence-electron chi connectivity index (χ1n) is 3.92. The third kappa shape index (κ3) is 3.98. The molecular weight excluding hydrogens is 142 g/mol. The average Bonchev–Trinajstić information content (AvgIpc) is 1.84. The van der Waals surface area contributed by atoms with E-state index in [2.05, 4.69) is 0 Å². The van der Waals surface area contributed by atoms with Crippen LogP contribution >= 0.6 is 0 Å². The third-order valence-corrected chi connectivity index (χ3v) is 1.92. The minimum Gasteiger partial charge on any atom is -0.481 e. The minimum absolute atomic E-state index is 0.00824. The molecule has 0 aromatic rings. The van der Waals surface area contributed by atoms with Gasteiger partial charge in [-0.3, -0.25) is 4.79 Å². The highest BCUT2D eigenvalue weighted by Gasteiger charge is 2.18. The number of nitrogens with two attached hydrogens (primary N) is 1. The summed E-state index contributed by atoms with van der Waals surface area (Å²) in [6, 6.07) is -0.00824. The fraction of sp³-hybridized carbons (Fsp3) is 0.875. The molecule has 0 saturated heterocycles. The molecule has 0 heterocycles. The maximum atomic E-state index is 10.3. The van der Waals surface area contributed by atoms with E-state index in [0.717, 1.165) is 0 Å². The zero-order chi connectivity index (χ0) is 9.02. The molecule has 0 fully saturated rings. The fourth-order valence-electron chi connectivity index (χ4n) is 1.07. The monoisotopic (exact) mass is 159 g/mol. The second kappa shape index (κ2) is 4.34. The Bertz CT molecular complexity index is 134. The van der Waals surface area contributed by atoms with E-state index in [-0.39, 0.29) is 18.4 Å². The Morgan fingerprint density at radius 3 is 2.18 bits per heavy atom. The second-order valence-electron chi connectivity index (χ2n) is 3.40. The van der Waals surface area contributed by atoms with Gasteiger partial charge in [0.2, 0.25) is 0 Å². The first-order chi connectivity index (χ1) is 4.95. The molecule has 2 atom stereocenters. The van der Waals surface area contributed by atoms with Crippen molar-refractivity contribution in [2.24, 2.45) is 17.6 Å². The first-order valence-corrected chi connectivity index (χ1v) is 3.92. The third-order valence-electron chi connectivity index (χ3n) is 1.92. The molecule has 0 saturated carbocycles. The maximum absolute atomic E-state index is 10.3. The van der Waals surface area contributed by atoms with Crippen LogP contribution < -0.4 is 5.73 Å². The quantitative estimate of drug-likeness (QED) is 0.645. The molecule has 0 aliphatic carbocycles. The summed E-state index contributed by atoms with van der Waals surface area (Å²) in [6.45, 7) is 5.88. The molecule has 0 rings (SSSR count). The zero-order valence-corrected chi connectivity index (χ0v) is 7.37. The van der Waals surface area contributed by atoms with Gasteiger partial charge in [-0.05, 0) is 11.8 Å². The van der Waals surface area contributed by atoms with Gasteiger partial charge in [0.15, 0.2) is 0 Å². The number of carboxylic acids is 1. The maximum Gasteiger partial charge on any atom is 0.303 e. The summed E-state index contributed by atoms with van der Waals surface area (Å²) in [6.07, 6.45) is 0.166. The lowest BCUT2D eigenvalue weighted by Gasteiger charge is -2.21. The molecule has 66 valence electrons. The van der Waals surface area contributed by atoms with Crippen LogP contribution in [-0.4, -0.2) is 17.1 Å². The highest BCUT2D eigenvalue weighted by Crippen LogP contribution is 2.13. The summed E-state index contributed by atoms with van der Waals surface area (Å²) in [5.41, 5.74) is 5.74. The topological polar surface area (TPSA) is 63.3 Å². The molecule has 11 heavy (non-hydrogen) atoms. The van der Waals surface area contributed by atoms with E-state index in [1.165, 1.54) is 0 Å². The van der Waals surface area contributed by atoms with E-state index < -0.39 is 5.97 Å². The number of carboxylic acid groups (broad SMARTS) is 1. The van der Waals surface area contributed by atoms with Crippen molar-refractivity contribution < 1.29 is 9.90 Å². The smallest absolute Gasteiger partial charge is 0.303 e. The lowest BCUT2D eigenvalue weighted by Crippen LogP contribution is -2.34. The van der Waals surface area contributed by atoms with Crippen molar-refractivity contribution in [2.45, 2.75) is 33.2 Å². The Morgan fingerprint density at radius 2 is 1.91 bits per heavy atom. The standard InChI is InChI=1S/C8H17NO2/c1-5(2)8(9)6(3)4-7(10)11/h5-6,8H,4,9H2,1-3H3,(H,10,11)/t6-,8+/m0/s1. The second-order valence-corrected chi connectivity index (χ2v) is 3.40. The van der Waals surface area contributed by atoms with Gasteiger partial charge < -0.3 is 10.8 Å². The van der Waals surface area contributed by atoms with Gasteiger partial charge in [-0.1, -0.05) is 20.8 Å². The Labute approximate surface area is 67.6 Å². The van der Waals surface area contributed by atoms with Crippen molar-refractivity contribution in [3.63, 3.8) is 0 Å². The van der Waals surface area contributed by atoms with E-state index in [1.807, 2.05) is 20.8 Å². The van der Waals surface area contributed by atoms with Gasteiger partial charge in [0.25, 0.3) is 0 Å². The summed E-state index contributed by atoms with van der Waals surface area (Å²) in [5.74, 6) is -0.356. The molecule has 0 unspecified atom stereocenters. The number of carbonyl (C=O) groups is 1. The molecule has 0 amide bonds. The Balaban J connectivity index is 3.82. The predicted octanol–water partition coefficient (Wildman–Crippen LogP) is 1.08. The van der Waals surface area contributed by atoms with Gasteiger partial charge in [0.05, 0.1) is 0 Å². The van der Waals surface area contributed by atoms with Crippen LogP contribution in [0.4, 0.5) is 0 Å². The Kier molecular flexibility index (Phi) is 4.11. The number of hydrogen-bond acceptors (Lipinski definition) is 2. The Morgan fingerprint density at radius 1 is 1.45 bits per heavy atom. The van der Waals surface area contributed by atoms with E-state index in [9.17, 15) is 4.79 Å². The van der Waals surface area contributed by atoms with Crippen LogP contribution in [0.1, 0.15) is 27.2 Å². The van der Waals surface area contributed by atoms with Crippen LogP contribution in [0.2, 0.25) is 0 Å². The van der Waals surface area contributed by atoms with Crippen molar-refractivity contribution in [2.75, 3.05) is 0 Å². The van der Waals surface area contributed by atoms with Crippen LogP contribution in [0, 0.1) is 11.8 Å². The van der Waals surface area contributed by atoms with Gasteiger partial charge in [0.1, 0.15) is 0 Å². The molecule has 0 spiro atoms. The number of aliphatic carboxylic acids is 1. The van der Waals surface area contributed by atoms with Crippen molar-refractivity contribution in [3.05, 3.63) is 0 Å². The zero-order valence-electron chi connectivity index (χ0n) is 7.37. The van der Waals surface area contributed by atoms with Gasteiger partial charge in [0, 0.05) is 12.5 Å². The molecule has 0 aromatic heterocycles. The molecular formula is C8H17NO2. The highest BCUT2D eigenvalue weighted by atomic mass is 16.4. The molecule has 0 aliphatic rings. The lowest BCUT2D eigenvalue weighted by atomic mass is 9.90. The van der Waals surface area contributed by atoms with Crippen LogP contribution in [-0.2, 0) is 4.79 Å². The van der Waals surface area contributed by atoms with Gasteiger partial charge >= 0.3 is 5.97 Å². The molecule has 3 nitrogen and oxygen atoms in total. The van der Waals surface area contributed by atoms with E-state index in [0.29, 0.717) is 5.92 Å². The Hall–Kier alpha value is -0.570. The summed E-state index contributed by atoms with van der Waals surface area (Å²) in [7, 11) is 0.